The first-order valence-corrected chi connectivity index (χ1v) is 8.90. The molecule has 4 aromatic rings. The first-order chi connectivity index (χ1) is 13.5. The Morgan fingerprint density at radius 1 is 1.11 bits per heavy atom. The van der Waals surface area contributed by atoms with Gasteiger partial charge in [-0.3, -0.25) is 13.8 Å². The van der Waals surface area contributed by atoms with E-state index in [9.17, 15) is 4.79 Å². The molecule has 0 spiro atoms. The molecule has 28 heavy (non-hydrogen) atoms. The first kappa shape index (κ1) is 18.1. The third-order valence-corrected chi connectivity index (χ3v) is 4.92. The molecule has 0 atom stereocenters. The molecule has 8 nitrogen and oxygen atoms in total. The van der Waals surface area contributed by atoms with Gasteiger partial charge >= 0.3 is 0 Å². The molecule has 9 heteroatoms. The zero-order chi connectivity index (χ0) is 19.8. The van der Waals surface area contributed by atoms with E-state index in [1.807, 2.05) is 22.6 Å². The number of rotatable bonds is 5. The standard InChI is InChI=1S/C19H18ClN5O3/c1-24-18(26)11-6-4-5-7-14(11)25-17(22-23-19(24)25)10-21-13-9-16(28-3)15(27-2)8-12(13)20/h4-9,21H,10H2,1-3H3. The van der Waals surface area contributed by atoms with E-state index < -0.39 is 0 Å². The van der Waals surface area contributed by atoms with Gasteiger partial charge in [0.1, 0.15) is 0 Å². The maximum atomic E-state index is 12.5. The molecular weight excluding hydrogens is 382 g/mol. The van der Waals surface area contributed by atoms with E-state index in [4.69, 9.17) is 21.1 Å². The fourth-order valence-electron chi connectivity index (χ4n) is 3.17. The van der Waals surface area contributed by atoms with Crippen LogP contribution in [0.4, 0.5) is 5.69 Å². The molecule has 0 amide bonds. The summed E-state index contributed by atoms with van der Waals surface area (Å²) in [4.78, 5) is 12.5. The monoisotopic (exact) mass is 399 g/mol. The molecule has 0 aliphatic rings. The number of fused-ring (bicyclic) bond motifs is 3. The highest BCUT2D eigenvalue weighted by molar-refractivity contribution is 6.33. The average Bonchev–Trinajstić information content (AvgIpc) is 3.15. The van der Waals surface area contributed by atoms with Crippen molar-refractivity contribution in [3.63, 3.8) is 0 Å². The van der Waals surface area contributed by atoms with Crippen molar-refractivity contribution in [1.29, 1.82) is 0 Å². The van der Waals surface area contributed by atoms with Crippen molar-refractivity contribution >= 4 is 34.0 Å². The number of anilines is 1. The molecule has 2 aromatic heterocycles. The molecule has 0 aliphatic heterocycles. The van der Waals surface area contributed by atoms with Crippen LogP contribution in [0.3, 0.4) is 0 Å². The van der Waals surface area contributed by atoms with Gasteiger partial charge in [0.05, 0.1) is 42.4 Å². The fourth-order valence-corrected chi connectivity index (χ4v) is 3.39. The van der Waals surface area contributed by atoms with Gasteiger partial charge in [0.25, 0.3) is 5.56 Å². The van der Waals surface area contributed by atoms with Crippen molar-refractivity contribution in [3.8, 4) is 11.5 Å². The minimum Gasteiger partial charge on any atom is -0.493 e. The summed E-state index contributed by atoms with van der Waals surface area (Å²) in [6.45, 7) is 0.346. The SMILES string of the molecule is COc1cc(Cl)c(NCc2nnc3n(C)c(=O)c4ccccc4n23)cc1OC. The number of nitrogens with one attached hydrogen (secondary N) is 1. The zero-order valence-corrected chi connectivity index (χ0v) is 16.3. The molecule has 0 bridgehead atoms. The van der Waals surface area contributed by atoms with Gasteiger partial charge in [-0.25, -0.2) is 0 Å². The molecule has 0 saturated carbocycles. The van der Waals surface area contributed by atoms with Crippen LogP contribution in [-0.4, -0.2) is 33.4 Å². The number of nitrogens with zero attached hydrogens (tertiary/aromatic N) is 4. The highest BCUT2D eigenvalue weighted by Crippen LogP contribution is 2.36. The second-order valence-electron chi connectivity index (χ2n) is 6.17. The predicted octanol–water partition coefficient (Wildman–Crippen LogP) is 2.86. The molecule has 1 N–H and O–H groups in total. The Labute approximate surface area is 165 Å². The summed E-state index contributed by atoms with van der Waals surface area (Å²) in [5, 5.41) is 12.8. The average molecular weight is 400 g/mol. The Morgan fingerprint density at radius 3 is 2.57 bits per heavy atom. The number of aromatic nitrogens is 4. The number of halogens is 1. The Bertz CT molecular complexity index is 1250. The van der Waals surface area contributed by atoms with E-state index in [1.165, 1.54) is 4.57 Å². The lowest BCUT2D eigenvalue weighted by molar-refractivity contribution is 0.355. The second kappa shape index (κ2) is 7.05. The van der Waals surface area contributed by atoms with Gasteiger partial charge in [0.2, 0.25) is 5.78 Å². The summed E-state index contributed by atoms with van der Waals surface area (Å²) >= 11 is 6.35. The van der Waals surface area contributed by atoms with E-state index in [-0.39, 0.29) is 5.56 Å². The fraction of sp³-hybridized carbons (Fsp3) is 0.211. The van der Waals surface area contributed by atoms with Crippen LogP contribution in [0.2, 0.25) is 5.02 Å². The molecule has 4 rings (SSSR count). The van der Waals surface area contributed by atoms with E-state index in [1.54, 1.807) is 39.5 Å². The molecule has 2 aromatic carbocycles. The Balaban J connectivity index is 1.77. The highest BCUT2D eigenvalue weighted by Gasteiger charge is 2.15. The number of benzene rings is 2. The molecule has 0 fully saturated rings. The molecule has 0 aliphatic carbocycles. The van der Waals surface area contributed by atoms with Gasteiger partial charge in [-0.2, -0.15) is 0 Å². The summed E-state index contributed by atoms with van der Waals surface area (Å²) in [7, 11) is 4.80. The Kier molecular flexibility index (Phi) is 4.56. The minimum absolute atomic E-state index is 0.113. The van der Waals surface area contributed by atoms with Crippen molar-refractivity contribution in [3.05, 3.63) is 57.6 Å². The van der Waals surface area contributed by atoms with Crippen LogP contribution in [-0.2, 0) is 13.6 Å². The van der Waals surface area contributed by atoms with Gasteiger partial charge in [-0.1, -0.05) is 23.7 Å². The van der Waals surface area contributed by atoms with Crippen molar-refractivity contribution < 1.29 is 9.47 Å². The predicted molar refractivity (Wildman–Crippen MR) is 108 cm³/mol. The third kappa shape index (κ3) is 2.82. The summed E-state index contributed by atoms with van der Waals surface area (Å²) in [5.74, 6) is 2.23. The maximum Gasteiger partial charge on any atom is 0.262 e. The highest BCUT2D eigenvalue weighted by atomic mass is 35.5. The summed E-state index contributed by atoms with van der Waals surface area (Å²) in [6.07, 6.45) is 0. The Morgan fingerprint density at radius 2 is 1.82 bits per heavy atom. The number of methoxy groups -OCH3 is 2. The molecule has 144 valence electrons. The lowest BCUT2D eigenvalue weighted by Crippen LogP contribution is -2.20. The van der Waals surface area contributed by atoms with Crippen LogP contribution >= 0.6 is 11.6 Å². The topological polar surface area (TPSA) is 82.7 Å². The summed E-state index contributed by atoms with van der Waals surface area (Å²) in [6, 6.07) is 10.8. The number of aryl methyl sites for hydroxylation is 1. The van der Waals surface area contributed by atoms with Crippen LogP contribution < -0.4 is 20.3 Å². The summed E-state index contributed by atoms with van der Waals surface area (Å²) < 4.78 is 13.9. The molecule has 0 radical (unpaired) electrons. The van der Waals surface area contributed by atoms with Crippen LogP contribution in [0.15, 0.2) is 41.2 Å². The van der Waals surface area contributed by atoms with E-state index in [0.29, 0.717) is 45.7 Å². The number of ether oxygens (including phenoxy) is 2. The molecular formula is C19H18ClN5O3. The lowest BCUT2D eigenvalue weighted by Gasteiger charge is -2.13. The third-order valence-electron chi connectivity index (χ3n) is 4.60. The van der Waals surface area contributed by atoms with Crippen LogP contribution in [0, 0.1) is 0 Å². The smallest absolute Gasteiger partial charge is 0.262 e. The van der Waals surface area contributed by atoms with Crippen LogP contribution in [0.5, 0.6) is 11.5 Å². The summed E-state index contributed by atoms with van der Waals surface area (Å²) in [5.41, 5.74) is 1.31. The maximum absolute atomic E-state index is 12.5. The quantitative estimate of drug-likeness (QED) is 0.555. The largest absolute Gasteiger partial charge is 0.493 e. The van der Waals surface area contributed by atoms with Crippen molar-refractivity contribution in [2.24, 2.45) is 7.05 Å². The first-order valence-electron chi connectivity index (χ1n) is 8.52. The van der Waals surface area contributed by atoms with E-state index >= 15 is 0 Å². The van der Waals surface area contributed by atoms with E-state index in [2.05, 4.69) is 15.5 Å². The van der Waals surface area contributed by atoms with Gasteiger partial charge < -0.3 is 14.8 Å². The van der Waals surface area contributed by atoms with E-state index in [0.717, 1.165) is 5.52 Å². The number of para-hydroxylation sites is 1. The zero-order valence-electron chi connectivity index (χ0n) is 15.6. The Hall–Kier alpha value is -3.26. The minimum atomic E-state index is -0.113. The second-order valence-corrected chi connectivity index (χ2v) is 6.58. The van der Waals surface area contributed by atoms with Gasteiger partial charge in [-0.05, 0) is 12.1 Å². The van der Waals surface area contributed by atoms with Gasteiger partial charge in [-0.15, -0.1) is 10.2 Å². The number of hydrogen-bond acceptors (Lipinski definition) is 6. The normalized spacial score (nSPS) is 11.1. The molecule has 2 heterocycles. The number of hydrogen-bond donors (Lipinski definition) is 1. The van der Waals surface area contributed by atoms with Crippen LogP contribution in [0.1, 0.15) is 5.82 Å². The van der Waals surface area contributed by atoms with Gasteiger partial charge in [0.15, 0.2) is 17.3 Å². The van der Waals surface area contributed by atoms with Crippen molar-refractivity contribution in [2.45, 2.75) is 6.54 Å². The van der Waals surface area contributed by atoms with Crippen molar-refractivity contribution in [2.75, 3.05) is 19.5 Å². The van der Waals surface area contributed by atoms with Crippen molar-refractivity contribution in [1.82, 2.24) is 19.2 Å². The lowest BCUT2D eigenvalue weighted by atomic mass is 10.2. The van der Waals surface area contributed by atoms with Gasteiger partial charge in [0, 0.05) is 19.2 Å². The molecule has 0 unspecified atom stereocenters. The molecule has 0 saturated heterocycles. The van der Waals surface area contributed by atoms with Crippen LogP contribution in [0.25, 0.3) is 16.7 Å².